The minimum atomic E-state index is -0.805. The number of carbonyl (C=O) groups is 2. The average molecular weight is 303 g/mol. The minimum absolute atomic E-state index is 0.125. The number of benzene rings is 1. The standard InChI is InChI=1S/C16H17NO3S/c1-10(16(19)20)7-12-3-5-13(6-4-12)17-15(18)14-9-21-8-11(14)2/h3-6,8-10H,7H2,1-2H3,(H,17,18)(H,19,20). The Hall–Kier alpha value is -2.14. The van der Waals surface area contributed by atoms with E-state index in [0.29, 0.717) is 17.7 Å². The summed E-state index contributed by atoms with van der Waals surface area (Å²) >= 11 is 1.50. The number of carboxylic acid groups (broad SMARTS) is 1. The number of rotatable bonds is 5. The van der Waals surface area contributed by atoms with Crippen LogP contribution in [0.4, 0.5) is 5.69 Å². The molecule has 21 heavy (non-hydrogen) atoms. The van der Waals surface area contributed by atoms with Gasteiger partial charge in [-0.3, -0.25) is 9.59 Å². The molecule has 2 N–H and O–H groups in total. The van der Waals surface area contributed by atoms with Crippen LogP contribution < -0.4 is 5.32 Å². The fourth-order valence-corrected chi connectivity index (χ4v) is 2.78. The fourth-order valence-electron chi connectivity index (χ4n) is 1.96. The third kappa shape index (κ3) is 3.92. The van der Waals surface area contributed by atoms with Crippen molar-refractivity contribution in [2.45, 2.75) is 20.3 Å². The van der Waals surface area contributed by atoms with Crippen LogP contribution in [0, 0.1) is 12.8 Å². The summed E-state index contributed by atoms with van der Waals surface area (Å²) in [5, 5.41) is 15.5. The van der Waals surface area contributed by atoms with Crippen LogP contribution in [0.15, 0.2) is 35.0 Å². The van der Waals surface area contributed by atoms with Crippen LogP contribution in [-0.4, -0.2) is 17.0 Å². The predicted octanol–water partition coefficient (Wildman–Crippen LogP) is 3.57. The van der Waals surface area contributed by atoms with Crippen molar-refractivity contribution in [3.05, 3.63) is 51.7 Å². The number of aliphatic carboxylic acids is 1. The molecule has 5 heteroatoms. The Morgan fingerprint density at radius 3 is 2.43 bits per heavy atom. The molecule has 1 amide bonds. The molecule has 0 saturated carbocycles. The maximum Gasteiger partial charge on any atom is 0.306 e. The largest absolute Gasteiger partial charge is 0.481 e. The first kappa shape index (κ1) is 15.3. The number of carbonyl (C=O) groups excluding carboxylic acids is 1. The van der Waals surface area contributed by atoms with Crippen LogP contribution in [0.25, 0.3) is 0 Å². The molecular weight excluding hydrogens is 286 g/mol. The van der Waals surface area contributed by atoms with E-state index in [1.165, 1.54) is 11.3 Å². The lowest BCUT2D eigenvalue weighted by Gasteiger charge is -2.08. The van der Waals surface area contributed by atoms with Crippen molar-refractivity contribution in [3.63, 3.8) is 0 Å². The molecular formula is C16H17NO3S. The van der Waals surface area contributed by atoms with E-state index in [0.717, 1.165) is 11.1 Å². The van der Waals surface area contributed by atoms with E-state index in [-0.39, 0.29) is 5.91 Å². The smallest absolute Gasteiger partial charge is 0.306 e. The molecule has 0 aliphatic carbocycles. The Morgan fingerprint density at radius 1 is 1.24 bits per heavy atom. The molecule has 1 aromatic carbocycles. The monoisotopic (exact) mass is 303 g/mol. The number of aryl methyl sites for hydroxylation is 1. The molecule has 1 unspecified atom stereocenters. The van der Waals surface area contributed by atoms with Crippen molar-refractivity contribution in [1.82, 2.24) is 0 Å². The second kappa shape index (κ2) is 6.54. The molecule has 4 nitrogen and oxygen atoms in total. The number of anilines is 1. The molecule has 0 radical (unpaired) electrons. The normalized spacial score (nSPS) is 11.9. The van der Waals surface area contributed by atoms with Crippen LogP contribution >= 0.6 is 11.3 Å². The highest BCUT2D eigenvalue weighted by Gasteiger charge is 2.12. The van der Waals surface area contributed by atoms with Crippen LogP contribution in [0.3, 0.4) is 0 Å². The predicted molar refractivity (Wildman–Crippen MR) is 84.0 cm³/mol. The van der Waals surface area contributed by atoms with Crippen molar-refractivity contribution in [2.75, 3.05) is 5.32 Å². The molecule has 110 valence electrons. The molecule has 2 aromatic rings. The molecule has 0 fully saturated rings. The number of thiophene rings is 1. The minimum Gasteiger partial charge on any atom is -0.481 e. The molecule has 1 atom stereocenters. The van der Waals surface area contributed by atoms with E-state index in [4.69, 9.17) is 5.11 Å². The second-order valence-electron chi connectivity index (χ2n) is 5.06. The van der Waals surface area contributed by atoms with Gasteiger partial charge in [-0.1, -0.05) is 19.1 Å². The van der Waals surface area contributed by atoms with Gasteiger partial charge in [0.25, 0.3) is 5.91 Å². The van der Waals surface area contributed by atoms with Crippen molar-refractivity contribution in [2.24, 2.45) is 5.92 Å². The van der Waals surface area contributed by atoms with Crippen LogP contribution in [0.1, 0.15) is 28.4 Å². The molecule has 0 aliphatic heterocycles. The van der Waals surface area contributed by atoms with Crippen molar-refractivity contribution in [1.29, 1.82) is 0 Å². The first-order valence-electron chi connectivity index (χ1n) is 6.63. The number of amides is 1. The molecule has 2 rings (SSSR count). The van der Waals surface area contributed by atoms with E-state index in [1.54, 1.807) is 19.1 Å². The fraction of sp³-hybridized carbons (Fsp3) is 0.250. The SMILES string of the molecule is Cc1cscc1C(=O)Nc1ccc(CC(C)C(=O)O)cc1. The highest BCUT2D eigenvalue weighted by atomic mass is 32.1. The molecule has 0 saturated heterocycles. The number of nitrogens with one attached hydrogen (secondary N) is 1. The van der Waals surface area contributed by atoms with E-state index in [1.807, 2.05) is 29.8 Å². The zero-order valence-corrected chi connectivity index (χ0v) is 12.7. The Balaban J connectivity index is 2.01. The van der Waals surface area contributed by atoms with Gasteiger partial charge in [-0.2, -0.15) is 11.3 Å². The third-order valence-electron chi connectivity index (χ3n) is 3.28. The summed E-state index contributed by atoms with van der Waals surface area (Å²) in [6.45, 7) is 3.58. The average Bonchev–Trinajstić information content (AvgIpc) is 2.87. The van der Waals surface area contributed by atoms with E-state index < -0.39 is 11.9 Å². The van der Waals surface area contributed by atoms with Gasteiger partial charge in [-0.15, -0.1) is 0 Å². The number of hydrogen-bond acceptors (Lipinski definition) is 3. The van der Waals surface area contributed by atoms with E-state index in [9.17, 15) is 9.59 Å². The lowest BCUT2D eigenvalue weighted by molar-refractivity contribution is -0.141. The highest BCUT2D eigenvalue weighted by molar-refractivity contribution is 7.08. The lowest BCUT2D eigenvalue weighted by Crippen LogP contribution is -2.13. The maximum absolute atomic E-state index is 12.1. The van der Waals surface area contributed by atoms with Crippen LogP contribution in [0.5, 0.6) is 0 Å². The number of carboxylic acids is 1. The van der Waals surface area contributed by atoms with E-state index in [2.05, 4.69) is 5.32 Å². The summed E-state index contributed by atoms with van der Waals surface area (Å²) < 4.78 is 0. The van der Waals surface area contributed by atoms with Crippen LogP contribution in [-0.2, 0) is 11.2 Å². The van der Waals surface area contributed by atoms with Gasteiger partial charge in [0.05, 0.1) is 11.5 Å². The van der Waals surface area contributed by atoms with Gasteiger partial charge in [-0.05, 0) is 42.0 Å². The Morgan fingerprint density at radius 2 is 1.90 bits per heavy atom. The summed E-state index contributed by atoms with van der Waals surface area (Å²) in [7, 11) is 0. The molecule has 1 heterocycles. The topological polar surface area (TPSA) is 66.4 Å². The summed E-state index contributed by atoms with van der Waals surface area (Å²) in [4.78, 5) is 22.9. The van der Waals surface area contributed by atoms with Gasteiger partial charge in [0.1, 0.15) is 0 Å². The third-order valence-corrected chi connectivity index (χ3v) is 4.14. The Bertz CT molecular complexity index is 646. The second-order valence-corrected chi connectivity index (χ2v) is 5.81. The van der Waals surface area contributed by atoms with Crippen molar-refractivity contribution >= 4 is 28.9 Å². The molecule has 0 spiro atoms. The van der Waals surface area contributed by atoms with Crippen molar-refractivity contribution in [3.8, 4) is 0 Å². The van der Waals surface area contributed by atoms with Gasteiger partial charge < -0.3 is 10.4 Å². The van der Waals surface area contributed by atoms with Gasteiger partial charge in [0, 0.05) is 11.1 Å². The molecule has 1 aromatic heterocycles. The Kier molecular flexibility index (Phi) is 4.75. The van der Waals surface area contributed by atoms with Crippen molar-refractivity contribution < 1.29 is 14.7 Å². The zero-order valence-electron chi connectivity index (χ0n) is 11.9. The van der Waals surface area contributed by atoms with E-state index >= 15 is 0 Å². The Labute approximate surface area is 127 Å². The lowest BCUT2D eigenvalue weighted by atomic mass is 10.0. The number of hydrogen-bond donors (Lipinski definition) is 2. The van der Waals surface area contributed by atoms with Gasteiger partial charge in [-0.25, -0.2) is 0 Å². The summed E-state index contributed by atoms with van der Waals surface area (Å²) in [6.07, 6.45) is 0.479. The molecule has 0 aliphatic rings. The maximum atomic E-state index is 12.1. The summed E-state index contributed by atoms with van der Waals surface area (Å²) in [5.74, 6) is -1.35. The molecule has 0 bridgehead atoms. The first-order chi connectivity index (χ1) is 9.97. The van der Waals surface area contributed by atoms with Gasteiger partial charge >= 0.3 is 5.97 Å². The van der Waals surface area contributed by atoms with Gasteiger partial charge in [0.2, 0.25) is 0 Å². The summed E-state index contributed by atoms with van der Waals surface area (Å²) in [6, 6.07) is 7.28. The van der Waals surface area contributed by atoms with Gasteiger partial charge in [0.15, 0.2) is 0 Å². The summed E-state index contributed by atoms with van der Waals surface area (Å²) in [5.41, 5.74) is 3.29. The first-order valence-corrected chi connectivity index (χ1v) is 7.57. The highest BCUT2D eigenvalue weighted by Crippen LogP contribution is 2.17. The quantitative estimate of drug-likeness (QED) is 0.887. The zero-order chi connectivity index (χ0) is 15.4. The van der Waals surface area contributed by atoms with Crippen LogP contribution in [0.2, 0.25) is 0 Å².